The van der Waals surface area contributed by atoms with E-state index in [1.165, 1.54) is 6.33 Å². The molecule has 1 fully saturated rings. The summed E-state index contributed by atoms with van der Waals surface area (Å²) < 4.78 is 1.60. The molecule has 158 valence electrons. The third-order valence-electron chi connectivity index (χ3n) is 5.50. The van der Waals surface area contributed by atoms with E-state index in [2.05, 4.69) is 19.9 Å². The van der Waals surface area contributed by atoms with Crippen LogP contribution in [0.1, 0.15) is 18.3 Å². The highest BCUT2D eigenvalue weighted by Gasteiger charge is 2.35. The Morgan fingerprint density at radius 2 is 1.94 bits per heavy atom. The van der Waals surface area contributed by atoms with Crippen molar-refractivity contribution in [2.45, 2.75) is 12.5 Å². The molecule has 0 saturated carbocycles. The summed E-state index contributed by atoms with van der Waals surface area (Å²) in [4.78, 5) is 40.5. The first-order valence-corrected chi connectivity index (χ1v) is 10.4. The zero-order chi connectivity index (χ0) is 21.7. The minimum absolute atomic E-state index is 0.235. The van der Waals surface area contributed by atoms with Crippen molar-refractivity contribution >= 4 is 39.5 Å². The van der Waals surface area contributed by atoms with Crippen LogP contribution >= 0.6 is 11.6 Å². The van der Waals surface area contributed by atoms with Crippen molar-refractivity contribution in [2.24, 2.45) is 0 Å². The van der Waals surface area contributed by atoms with Crippen LogP contribution in [0.2, 0.25) is 5.02 Å². The Labute approximate surface area is 186 Å². The predicted molar refractivity (Wildman–Crippen MR) is 120 cm³/mol. The lowest BCUT2D eigenvalue weighted by atomic mass is 10.1. The van der Waals surface area contributed by atoms with Gasteiger partial charge in [-0.25, -0.2) is 25.0 Å². The molecule has 0 bridgehead atoms. The maximum Gasteiger partial charge on any atom is 0.267 e. The van der Waals surface area contributed by atoms with Crippen LogP contribution in [0.4, 0.5) is 5.82 Å². The minimum Gasteiger partial charge on any atom is -0.329 e. The molecule has 0 spiro atoms. The summed E-state index contributed by atoms with van der Waals surface area (Å²) in [7, 11) is 0. The molecule has 0 aliphatic carbocycles. The molecule has 10 heteroatoms. The average molecular weight is 446 g/mol. The number of para-hydroxylation sites is 1. The van der Waals surface area contributed by atoms with Crippen LogP contribution in [0.3, 0.4) is 0 Å². The molecule has 6 rings (SSSR count). The second-order valence-electron chi connectivity index (χ2n) is 7.34. The first kappa shape index (κ1) is 18.9. The second kappa shape index (κ2) is 7.40. The number of hydroxylamine groups is 1. The maximum absolute atomic E-state index is 13.7. The molecule has 0 radical (unpaired) electrons. The Bertz CT molecular complexity index is 1520. The van der Waals surface area contributed by atoms with Crippen molar-refractivity contribution in [3.8, 4) is 5.69 Å². The van der Waals surface area contributed by atoms with E-state index < -0.39 is 0 Å². The standard InChI is InChI=1S/C22H16ClN7O2/c23-14-7-4-8-15-17(14)22(31)29(13-5-2-1-3-6-13)20(28-15)16-9-10-32-30(16)21-18-19(25-11-24-18)26-12-27-21/h1-8,11-12,16H,9-10H2,(H,24,25,26,27)/t16-/m0/s1. The van der Waals surface area contributed by atoms with Gasteiger partial charge in [0.05, 0.1) is 34.5 Å². The lowest BCUT2D eigenvalue weighted by molar-refractivity contribution is 0.156. The number of imidazole rings is 1. The molecule has 1 atom stereocenters. The van der Waals surface area contributed by atoms with E-state index in [4.69, 9.17) is 21.4 Å². The smallest absolute Gasteiger partial charge is 0.267 e. The van der Waals surface area contributed by atoms with E-state index in [1.807, 2.05) is 30.3 Å². The number of rotatable bonds is 3. The fourth-order valence-electron chi connectivity index (χ4n) is 4.08. The Morgan fingerprint density at radius 1 is 1.06 bits per heavy atom. The van der Waals surface area contributed by atoms with E-state index in [9.17, 15) is 4.79 Å². The van der Waals surface area contributed by atoms with Crippen LogP contribution in [0.25, 0.3) is 27.8 Å². The summed E-state index contributed by atoms with van der Waals surface area (Å²) in [6, 6.07) is 14.3. The van der Waals surface area contributed by atoms with Gasteiger partial charge in [0.15, 0.2) is 17.0 Å². The molecular weight excluding hydrogens is 430 g/mol. The minimum atomic E-state index is -0.374. The number of aromatic amines is 1. The lowest BCUT2D eigenvalue weighted by Gasteiger charge is -2.25. The summed E-state index contributed by atoms with van der Waals surface area (Å²) in [6.45, 7) is 0.443. The van der Waals surface area contributed by atoms with E-state index >= 15 is 0 Å². The van der Waals surface area contributed by atoms with Crippen LogP contribution in [0, 0.1) is 0 Å². The number of H-pyrrole nitrogens is 1. The van der Waals surface area contributed by atoms with Crippen molar-refractivity contribution in [1.82, 2.24) is 29.5 Å². The number of hydrogen-bond donors (Lipinski definition) is 1. The normalized spacial score (nSPS) is 16.3. The Balaban J connectivity index is 1.61. The number of hydrogen-bond acceptors (Lipinski definition) is 7. The van der Waals surface area contributed by atoms with Crippen LogP contribution in [-0.2, 0) is 4.84 Å². The van der Waals surface area contributed by atoms with Gasteiger partial charge >= 0.3 is 0 Å². The summed E-state index contributed by atoms with van der Waals surface area (Å²) in [6.07, 6.45) is 3.62. The SMILES string of the molecule is O=c1c2c(Cl)cccc2nc([C@@H]2CCON2c2ncnc3[nH]cnc23)n1-c1ccccc1. The molecule has 32 heavy (non-hydrogen) atoms. The molecule has 0 unspecified atom stereocenters. The fraction of sp³-hybridized carbons (Fsp3) is 0.136. The third-order valence-corrected chi connectivity index (χ3v) is 5.81. The van der Waals surface area contributed by atoms with Crippen molar-refractivity contribution in [1.29, 1.82) is 0 Å². The molecule has 5 aromatic rings. The molecule has 1 aliphatic rings. The van der Waals surface area contributed by atoms with Gasteiger partial charge in [0.2, 0.25) is 0 Å². The molecule has 1 N–H and O–H groups in total. The van der Waals surface area contributed by atoms with Crippen LogP contribution in [0.15, 0.2) is 66.0 Å². The number of nitrogens with one attached hydrogen (secondary N) is 1. The van der Waals surface area contributed by atoms with Gasteiger partial charge in [-0.2, -0.15) is 0 Å². The van der Waals surface area contributed by atoms with Crippen LogP contribution in [-0.4, -0.2) is 36.1 Å². The first-order chi connectivity index (χ1) is 15.7. The number of anilines is 1. The highest BCUT2D eigenvalue weighted by atomic mass is 35.5. The van der Waals surface area contributed by atoms with Gasteiger partial charge in [-0.3, -0.25) is 14.2 Å². The van der Waals surface area contributed by atoms with E-state index in [1.54, 1.807) is 34.2 Å². The number of nitrogens with zero attached hydrogens (tertiary/aromatic N) is 6. The van der Waals surface area contributed by atoms with Gasteiger partial charge in [-0.05, 0) is 24.3 Å². The Hall–Kier alpha value is -3.82. The molecule has 1 aliphatic heterocycles. The zero-order valence-corrected chi connectivity index (χ0v) is 17.4. The largest absolute Gasteiger partial charge is 0.329 e. The van der Waals surface area contributed by atoms with E-state index in [0.29, 0.717) is 57.4 Å². The van der Waals surface area contributed by atoms with E-state index in [-0.39, 0.29) is 11.6 Å². The molecule has 4 heterocycles. The summed E-state index contributed by atoms with van der Waals surface area (Å²) in [5.41, 5.74) is 2.17. The maximum atomic E-state index is 13.7. The highest BCUT2D eigenvalue weighted by molar-refractivity contribution is 6.35. The quantitative estimate of drug-likeness (QED) is 0.452. The van der Waals surface area contributed by atoms with Crippen molar-refractivity contribution < 1.29 is 4.84 Å². The second-order valence-corrected chi connectivity index (χ2v) is 7.75. The van der Waals surface area contributed by atoms with E-state index in [0.717, 1.165) is 0 Å². The monoisotopic (exact) mass is 445 g/mol. The lowest BCUT2D eigenvalue weighted by Crippen LogP contribution is -2.31. The fourth-order valence-corrected chi connectivity index (χ4v) is 4.33. The van der Waals surface area contributed by atoms with Gasteiger partial charge in [0, 0.05) is 6.42 Å². The van der Waals surface area contributed by atoms with Gasteiger partial charge in [-0.15, -0.1) is 0 Å². The number of halogens is 1. The van der Waals surface area contributed by atoms with Crippen molar-refractivity contribution in [3.05, 3.63) is 82.4 Å². The predicted octanol–water partition coefficient (Wildman–Crippen LogP) is 3.59. The molecule has 9 nitrogen and oxygen atoms in total. The molecule has 2 aromatic carbocycles. The average Bonchev–Trinajstić information content (AvgIpc) is 3.49. The first-order valence-electron chi connectivity index (χ1n) is 10.0. The molecule has 0 amide bonds. The van der Waals surface area contributed by atoms with Gasteiger partial charge in [0.25, 0.3) is 5.56 Å². The molecule has 1 saturated heterocycles. The van der Waals surface area contributed by atoms with Crippen LogP contribution in [0.5, 0.6) is 0 Å². The molecule has 3 aromatic heterocycles. The number of benzene rings is 2. The summed E-state index contributed by atoms with van der Waals surface area (Å²) in [5, 5.41) is 2.41. The summed E-state index contributed by atoms with van der Waals surface area (Å²) >= 11 is 6.39. The number of fused-ring (bicyclic) bond motifs is 2. The van der Waals surface area contributed by atoms with Gasteiger partial charge in [-0.1, -0.05) is 35.9 Å². The Morgan fingerprint density at radius 3 is 2.81 bits per heavy atom. The van der Waals surface area contributed by atoms with Gasteiger partial charge in [0.1, 0.15) is 18.2 Å². The topological polar surface area (TPSA) is 102 Å². The zero-order valence-electron chi connectivity index (χ0n) is 16.6. The van der Waals surface area contributed by atoms with Crippen LogP contribution < -0.4 is 10.6 Å². The Kier molecular flexibility index (Phi) is 4.37. The van der Waals surface area contributed by atoms with Crippen molar-refractivity contribution in [2.75, 3.05) is 11.7 Å². The van der Waals surface area contributed by atoms with Crippen molar-refractivity contribution in [3.63, 3.8) is 0 Å². The number of aromatic nitrogens is 6. The highest BCUT2D eigenvalue weighted by Crippen LogP contribution is 2.36. The summed E-state index contributed by atoms with van der Waals surface area (Å²) in [5.74, 6) is 1.05. The van der Waals surface area contributed by atoms with Gasteiger partial charge < -0.3 is 4.98 Å². The third kappa shape index (κ3) is 2.86. The molecular formula is C22H16ClN7O2.